The molecule has 0 saturated carbocycles. The van der Waals surface area contributed by atoms with Gasteiger partial charge in [-0.05, 0) is 6.42 Å². The second kappa shape index (κ2) is 37.6. The summed E-state index contributed by atoms with van der Waals surface area (Å²) in [6.45, 7) is 2.30. The molecule has 0 aliphatic rings. The standard InChI is InChI=1S/C39H80N2O2/c1-2-3-4-5-6-7-8-9-10-11-12-13-14-15-16-17-18-19-20-21-22-23-24-25-26-27-28-29-30-31-32-33-34-35-36-37-38-39(42)41(40)43/h43H,2-38,40H2,1H3. The SMILES string of the molecule is CCCCCCCCCCCCCCCCCCCCCCCCCCCCCCCCCCCCCCC(=O)N(N)O. The molecule has 0 atom stereocenters. The Hall–Kier alpha value is -0.610. The average molecular weight is 609 g/mol. The Morgan fingerprint density at radius 2 is 0.535 bits per heavy atom. The summed E-state index contributed by atoms with van der Waals surface area (Å²) in [7, 11) is 0. The van der Waals surface area contributed by atoms with Gasteiger partial charge in [0.05, 0.1) is 0 Å². The van der Waals surface area contributed by atoms with E-state index in [0.29, 0.717) is 6.42 Å². The van der Waals surface area contributed by atoms with Crippen molar-refractivity contribution in [1.29, 1.82) is 0 Å². The molecule has 1 amide bonds. The molecule has 0 aromatic heterocycles. The summed E-state index contributed by atoms with van der Waals surface area (Å²) in [5.74, 6) is 4.61. The fraction of sp³-hybridized carbons (Fsp3) is 0.974. The lowest BCUT2D eigenvalue weighted by Gasteiger charge is -2.07. The number of rotatable bonds is 37. The first-order valence-corrected chi connectivity index (χ1v) is 19.9. The van der Waals surface area contributed by atoms with Crippen molar-refractivity contribution in [3.63, 3.8) is 0 Å². The predicted molar refractivity (Wildman–Crippen MR) is 189 cm³/mol. The first kappa shape index (κ1) is 42.4. The van der Waals surface area contributed by atoms with Gasteiger partial charge >= 0.3 is 0 Å². The topological polar surface area (TPSA) is 66.6 Å². The van der Waals surface area contributed by atoms with Crippen LogP contribution >= 0.6 is 0 Å². The van der Waals surface area contributed by atoms with E-state index in [9.17, 15) is 4.79 Å². The summed E-state index contributed by atoms with van der Waals surface area (Å²) < 4.78 is 0. The number of amides is 1. The smallest absolute Gasteiger partial charge is 0.260 e. The maximum absolute atomic E-state index is 11.2. The number of nitrogens with zero attached hydrogens (tertiary/aromatic N) is 1. The largest absolute Gasteiger partial charge is 0.271 e. The molecule has 4 heteroatoms. The molecule has 43 heavy (non-hydrogen) atoms. The summed E-state index contributed by atoms with van der Waals surface area (Å²) >= 11 is 0. The predicted octanol–water partition coefficient (Wildman–Crippen LogP) is 13.5. The van der Waals surface area contributed by atoms with Crippen molar-refractivity contribution in [2.45, 2.75) is 244 Å². The van der Waals surface area contributed by atoms with Crippen LogP contribution in [0.15, 0.2) is 0 Å². The van der Waals surface area contributed by atoms with Crippen LogP contribution in [0.3, 0.4) is 0 Å². The van der Waals surface area contributed by atoms with Crippen LogP contribution in [0, 0.1) is 0 Å². The van der Waals surface area contributed by atoms with Crippen molar-refractivity contribution in [3.05, 3.63) is 0 Å². The van der Waals surface area contributed by atoms with Crippen LogP contribution in [0.2, 0.25) is 0 Å². The Morgan fingerprint density at radius 1 is 0.372 bits per heavy atom. The van der Waals surface area contributed by atoms with Crippen LogP contribution in [0.4, 0.5) is 0 Å². The fourth-order valence-electron chi connectivity index (χ4n) is 6.47. The van der Waals surface area contributed by atoms with E-state index in [4.69, 9.17) is 11.0 Å². The number of carbonyl (C=O) groups is 1. The minimum atomic E-state index is -0.388. The quantitative estimate of drug-likeness (QED) is 0.0242. The molecule has 0 bridgehead atoms. The molecule has 258 valence electrons. The monoisotopic (exact) mass is 609 g/mol. The summed E-state index contributed by atoms with van der Waals surface area (Å²) in [5, 5.41) is 9.02. The highest BCUT2D eigenvalue weighted by molar-refractivity contribution is 5.74. The van der Waals surface area contributed by atoms with E-state index in [2.05, 4.69) is 6.92 Å². The Labute approximate surface area is 271 Å². The highest BCUT2D eigenvalue weighted by Crippen LogP contribution is 2.17. The second-order valence-corrected chi connectivity index (χ2v) is 13.9. The molecule has 0 aliphatic heterocycles. The van der Waals surface area contributed by atoms with Gasteiger partial charge in [0.15, 0.2) is 0 Å². The van der Waals surface area contributed by atoms with Crippen molar-refractivity contribution < 1.29 is 10.0 Å². The molecule has 0 heterocycles. The molecule has 4 nitrogen and oxygen atoms in total. The van der Waals surface area contributed by atoms with Crippen molar-refractivity contribution >= 4 is 5.91 Å². The molecular formula is C39H80N2O2. The van der Waals surface area contributed by atoms with E-state index in [1.807, 2.05) is 0 Å². The van der Waals surface area contributed by atoms with E-state index >= 15 is 0 Å². The summed E-state index contributed by atoms with van der Waals surface area (Å²) in [5.41, 5.74) is 0. The van der Waals surface area contributed by atoms with Crippen molar-refractivity contribution in [3.8, 4) is 0 Å². The average Bonchev–Trinajstić information content (AvgIpc) is 3.00. The number of nitrogens with two attached hydrogens (primary N) is 1. The zero-order chi connectivity index (χ0) is 31.3. The maximum Gasteiger partial charge on any atom is 0.260 e. The van der Waals surface area contributed by atoms with Gasteiger partial charge in [-0.1, -0.05) is 232 Å². The lowest BCUT2D eigenvalue weighted by Crippen LogP contribution is -2.33. The van der Waals surface area contributed by atoms with Crippen LogP contribution in [-0.4, -0.2) is 16.3 Å². The lowest BCUT2D eigenvalue weighted by atomic mass is 10.0. The zero-order valence-electron chi connectivity index (χ0n) is 29.5. The van der Waals surface area contributed by atoms with Crippen LogP contribution in [0.5, 0.6) is 0 Å². The Morgan fingerprint density at radius 3 is 0.698 bits per heavy atom. The second-order valence-electron chi connectivity index (χ2n) is 13.9. The molecule has 0 radical (unpaired) electrons. The van der Waals surface area contributed by atoms with Crippen LogP contribution in [-0.2, 0) is 4.79 Å². The number of hydrazine groups is 1. The van der Waals surface area contributed by atoms with Crippen molar-refractivity contribution in [2.75, 3.05) is 0 Å². The minimum absolute atomic E-state index is 0.213. The number of hydrogen-bond acceptors (Lipinski definition) is 3. The molecule has 0 aromatic rings. The first-order chi connectivity index (χ1) is 21.2. The van der Waals surface area contributed by atoms with Gasteiger partial charge in [-0.15, -0.1) is 0 Å². The van der Waals surface area contributed by atoms with E-state index < -0.39 is 0 Å². The third-order valence-corrected chi connectivity index (χ3v) is 9.50. The zero-order valence-corrected chi connectivity index (χ0v) is 29.5. The molecule has 0 aliphatic carbocycles. The minimum Gasteiger partial charge on any atom is -0.271 e. The molecule has 0 spiro atoms. The first-order valence-electron chi connectivity index (χ1n) is 19.9. The normalized spacial score (nSPS) is 11.4. The van der Waals surface area contributed by atoms with Gasteiger partial charge in [0.1, 0.15) is 0 Å². The molecular weight excluding hydrogens is 528 g/mol. The highest BCUT2D eigenvalue weighted by atomic mass is 16.5. The van der Waals surface area contributed by atoms with Gasteiger partial charge in [-0.3, -0.25) is 10.0 Å². The van der Waals surface area contributed by atoms with E-state index in [-0.39, 0.29) is 11.1 Å². The maximum atomic E-state index is 11.2. The van der Waals surface area contributed by atoms with Gasteiger partial charge in [-0.25, -0.2) is 5.84 Å². The Kier molecular flexibility index (Phi) is 37.0. The molecule has 0 unspecified atom stereocenters. The highest BCUT2D eigenvalue weighted by Gasteiger charge is 2.05. The van der Waals surface area contributed by atoms with Gasteiger partial charge in [-0.2, -0.15) is 5.17 Å². The van der Waals surface area contributed by atoms with Crippen molar-refractivity contribution in [2.24, 2.45) is 5.84 Å². The van der Waals surface area contributed by atoms with Gasteiger partial charge in [0.2, 0.25) is 0 Å². The Balaban J connectivity index is 3.06. The number of unbranched alkanes of at least 4 members (excludes halogenated alkanes) is 35. The fourth-order valence-corrected chi connectivity index (χ4v) is 6.47. The third-order valence-electron chi connectivity index (χ3n) is 9.50. The van der Waals surface area contributed by atoms with E-state index in [1.165, 1.54) is 218 Å². The molecule has 0 aromatic carbocycles. The molecule has 0 fully saturated rings. The number of hydroxylamine groups is 1. The number of hydrogen-bond donors (Lipinski definition) is 2. The molecule has 3 N–H and O–H groups in total. The van der Waals surface area contributed by atoms with Crippen LogP contribution in [0.25, 0.3) is 0 Å². The molecule has 0 saturated heterocycles. The van der Waals surface area contributed by atoms with Crippen LogP contribution in [0.1, 0.15) is 244 Å². The number of carbonyl (C=O) groups excluding carboxylic acids is 1. The summed E-state index contributed by atoms with van der Waals surface area (Å²) in [4.78, 5) is 11.2. The van der Waals surface area contributed by atoms with Crippen LogP contribution < -0.4 is 5.84 Å². The van der Waals surface area contributed by atoms with Gasteiger partial charge in [0.25, 0.3) is 5.91 Å². The van der Waals surface area contributed by atoms with Gasteiger partial charge < -0.3 is 0 Å². The van der Waals surface area contributed by atoms with Crippen molar-refractivity contribution in [1.82, 2.24) is 5.17 Å². The third kappa shape index (κ3) is 37.5. The Bertz CT molecular complexity index is 525. The summed E-state index contributed by atoms with van der Waals surface area (Å²) in [6.07, 6.45) is 51.1. The lowest BCUT2D eigenvalue weighted by molar-refractivity contribution is -0.166. The summed E-state index contributed by atoms with van der Waals surface area (Å²) in [6, 6.07) is 0. The van der Waals surface area contributed by atoms with Gasteiger partial charge in [0, 0.05) is 6.42 Å². The van der Waals surface area contributed by atoms with E-state index in [1.54, 1.807) is 0 Å². The van der Waals surface area contributed by atoms with E-state index in [0.717, 1.165) is 12.8 Å². The molecule has 0 rings (SSSR count).